The molecule has 1 N–H and O–H groups in total. The monoisotopic (exact) mass is 279 g/mol. The number of hydrogen-bond acceptors (Lipinski definition) is 2. The molecule has 1 heterocycles. The van der Waals surface area contributed by atoms with E-state index in [9.17, 15) is 4.79 Å². The average molecular weight is 280 g/mol. The Labute approximate surface area is 102 Å². The number of nitrogens with one attached hydrogen (secondary N) is 1. The average Bonchev–Trinajstić information content (AvgIpc) is 2.77. The van der Waals surface area contributed by atoms with Crippen molar-refractivity contribution >= 4 is 21.9 Å². The van der Waals surface area contributed by atoms with Crippen molar-refractivity contribution in [1.82, 2.24) is 4.98 Å². The van der Waals surface area contributed by atoms with Gasteiger partial charge in [-0.1, -0.05) is 34.1 Å². The number of aromatic amines is 1. The number of carbonyl (C=O) groups excluding carboxylic acids is 1. The van der Waals surface area contributed by atoms with E-state index in [0.717, 1.165) is 15.6 Å². The second-order valence-corrected chi connectivity index (χ2v) is 4.11. The predicted octanol–water partition coefficient (Wildman–Crippen LogP) is 3.23. The van der Waals surface area contributed by atoms with Gasteiger partial charge in [0.1, 0.15) is 0 Å². The Bertz CT molecular complexity index is 519. The highest BCUT2D eigenvalue weighted by Crippen LogP contribution is 2.30. The number of carbonyl (C=O) groups is 1. The van der Waals surface area contributed by atoms with E-state index in [1.807, 2.05) is 24.3 Å². The van der Waals surface area contributed by atoms with Gasteiger partial charge in [0.15, 0.2) is 0 Å². The number of rotatable bonds is 2. The normalized spacial score (nSPS) is 10.1. The lowest BCUT2D eigenvalue weighted by atomic mass is 10.1. The standard InChI is InChI=1S/C12H10BrNO2/c1-16-12(15)10-7-14-6-9(10)8-4-2-3-5-11(8)13/h2-7,14H,1H3. The fourth-order valence-corrected chi connectivity index (χ4v) is 2.04. The molecule has 0 fully saturated rings. The van der Waals surface area contributed by atoms with Crippen LogP contribution in [0.5, 0.6) is 0 Å². The Kier molecular flexibility index (Phi) is 3.10. The summed E-state index contributed by atoms with van der Waals surface area (Å²) in [6.45, 7) is 0. The first kappa shape index (κ1) is 11.0. The van der Waals surface area contributed by atoms with Crippen molar-refractivity contribution < 1.29 is 9.53 Å². The number of aromatic nitrogens is 1. The lowest BCUT2D eigenvalue weighted by Gasteiger charge is -2.04. The first-order chi connectivity index (χ1) is 7.74. The molecule has 0 spiro atoms. The van der Waals surface area contributed by atoms with Gasteiger partial charge >= 0.3 is 5.97 Å². The molecule has 2 rings (SSSR count). The van der Waals surface area contributed by atoms with Crippen LogP contribution in [-0.4, -0.2) is 18.1 Å². The first-order valence-electron chi connectivity index (χ1n) is 4.74. The first-order valence-corrected chi connectivity index (χ1v) is 5.53. The van der Waals surface area contributed by atoms with Crippen molar-refractivity contribution in [3.8, 4) is 11.1 Å². The summed E-state index contributed by atoms with van der Waals surface area (Å²) in [5, 5.41) is 0. The maximum absolute atomic E-state index is 11.5. The number of methoxy groups -OCH3 is 1. The molecule has 16 heavy (non-hydrogen) atoms. The zero-order chi connectivity index (χ0) is 11.5. The number of esters is 1. The third-order valence-electron chi connectivity index (χ3n) is 2.31. The fourth-order valence-electron chi connectivity index (χ4n) is 1.55. The summed E-state index contributed by atoms with van der Waals surface area (Å²) < 4.78 is 5.67. The van der Waals surface area contributed by atoms with Gasteiger partial charge < -0.3 is 9.72 Å². The van der Waals surface area contributed by atoms with Gasteiger partial charge in [-0.3, -0.25) is 0 Å². The van der Waals surface area contributed by atoms with E-state index < -0.39 is 0 Å². The number of H-pyrrole nitrogens is 1. The van der Waals surface area contributed by atoms with Crippen LogP contribution in [0.3, 0.4) is 0 Å². The number of hydrogen-bond donors (Lipinski definition) is 1. The molecule has 0 atom stereocenters. The van der Waals surface area contributed by atoms with Crippen LogP contribution in [0.4, 0.5) is 0 Å². The molecule has 1 aromatic heterocycles. The summed E-state index contributed by atoms with van der Waals surface area (Å²) in [6.07, 6.45) is 3.42. The molecular weight excluding hydrogens is 270 g/mol. The quantitative estimate of drug-likeness (QED) is 0.858. The molecule has 0 saturated heterocycles. The van der Waals surface area contributed by atoms with E-state index in [2.05, 4.69) is 20.9 Å². The lowest BCUT2D eigenvalue weighted by molar-refractivity contribution is 0.0602. The highest BCUT2D eigenvalue weighted by molar-refractivity contribution is 9.10. The molecule has 2 aromatic rings. The highest BCUT2D eigenvalue weighted by Gasteiger charge is 2.15. The summed E-state index contributed by atoms with van der Waals surface area (Å²) in [4.78, 5) is 14.4. The highest BCUT2D eigenvalue weighted by atomic mass is 79.9. The van der Waals surface area contributed by atoms with E-state index >= 15 is 0 Å². The smallest absolute Gasteiger partial charge is 0.340 e. The van der Waals surface area contributed by atoms with Crippen molar-refractivity contribution in [2.75, 3.05) is 7.11 Å². The molecule has 0 bridgehead atoms. The molecule has 4 heteroatoms. The van der Waals surface area contributed by atoms with Crippen molar-refractivity contribution in [2.24, 2.45) is 0 Å². The van der Waals surface area contributed by atoms with Crippen molar-refractivity contribution in [1.29, 1.82) is 0 Å². The van der Waals surface area contributed by atoms with E-state index in [1.54, 1.807) is 12.4 Å². The van der Waals surface area contributed by atoms with Gasteiger partial charge in [-0.2, -0.15) is 0 Å². The van der Waals surface area contributed by atoms with E-state index in [1.165, 1.54) is 7.11 Å². The number of benzene rings is 1. The Morgan fingerprint density at radius 1 is 1.25 bits per heavy atom. The van der Waals surface area contributed by atoms with Crippen LogP contribution >= 0.6 is 15.9 Å². The van der Waals surface area contributed by atoms with Gasteiger partial charge in [-0.25, -0.2) is 4.79 Å². The Balaban J connectivity index is 2.53. The van der Waals surface area contributed by atoms with Crippen LogP contribution in [0, 0.1) is 0 Å². The zero-order valence-corrected chi connectivity index (χ0v) is 10.2. The summed E-state index contributed by atoms with van der Waals surface area (Å²) in [6, 6.07) is 7.73. The van der Waals surface area contributed by atoms with Crippen molar-refractivity contribution in [2.45, 2.75) is 0 Å². The molecule has 0 unspecified atom stereocenters. The van der Waals surface area contributed by atoms with Crippen LogP contribution in [0.25, 0.3) is 11.1 Å². The second-order valence-electron chi connectivity index (χ2n) is 3.25. The van der Waals surface area contributed by atoms with Crippen molar-refractivity contribution in [3.63, 3.8) is 0 Å². The van der Waals surface area contributed by atoms with Gasteiger partial charge in [-0.05, 0) is 11.6 Å². The summed E-state index contributed by atoms with van der Waals surface area (Å²) >= 11 is 3.46. The molecular formula is C12H10BrNO2. The lowest BCUT2D eigenvalue weighted by Crippen LogP contribution is -2.01. The SMILES string of the molecule is COC(=O)c1c[nH]cc1-c1ccccc1Br. The van der Waals surface area contributed by atoms with Gasteiger partial charge in [0.2, 0.25) is 0 Å². The topological polar surface area (TPSA) is 42.1 Å². The molecule has 82 valence electrons. The minimum Gasteiger partial charge on any atom is -0.465 e. The van der Waals surface area contributed by atoms with Gasteiger partial charge in [0.25, 0.3) is 0 Å². The van der Waals surface area contributed by atoms with Crippen LogP contribution < -0.4 is 0 Å². The number of ether oxygens (including phenoxy) is 1. The third kappa shape index (κ3) is 1.88. The van der Waals surface area contributed by atoms with E-state index in [4.69, 9.17) is 4.74 Å². The molecule has 1 aromatic carbocycles. The molecule has 0 aliphatic heterocycles. The second kappa shape index (κ2) is 4.53. The molecule has 0 aliphatic carbocycles. The Morgan fingerprint density at radius 3 is 2.69 bits per heavy atom. The van der Waals surface area contributed by atoms with Gasteiger partial charge in [0.05, 0.1) is 12.7 Å². The molecule has 0 amide bonds. The van der Waals surface area contributed by atoms with E-state index in [0.29, 0.717) is 5.56 Å². The summed E-state index contributed by atoms with van der Waals surface area (Å²) in [5.41, 5.74) is 2.33. The Hall–Kier alpha value is -1.55. The predicted molar refractivity (Wildman–Crippen MR) is 65.3 cm³/mol. The van der Waals surface area contributed by atoms with Crippen LogP contribution in [0.15, 0.2) is 41.1 Å². The zero-order valence-electron chi connectivity index (χ0n) is 8.66. The maximum Gasteiger partial charge on any atom is 0.340 e. The van der Waals surface area contributed by atoms with Crippen LogP contribution in [0.2, 0.25) is 0 Å². The minimum atomic E-state index is -0.341. The summed E-state index contributed by atoms with van der Waals surface area (Å²) in [5.74, 6) is -0.341. The van der Waals surface area contributed by atoms with Gasteiger partial charge in [-0.15, -0.1) is 0 Å². The minimum absolute atomic E-state index is 0.341. The van der Waals surface area contributed by atoms with Crippen LogP contribution in [-0.2, 0) is 4.74 Å². The number of halogens is 1. The largest absolute Gasteiger partial charge is 0.465 e. The third-order valence-corrected chi connectivity index (χ3v) is 3.01. The maximum atomic E-state index is 11.5. The van der Waals surface area contributed by atoms with Crippen LogP contribution in [0.1, 0.15) is 10.4 Å². The van der Waals surface area contributed by atoms with Gasteiger partial charge in [0, 0.05) is 22.4 Å². The van der Waals surface area contributed by atoms with E-state index in [-0.39, 0.29) is 5.97 Å². The fraction of sp³-hybridized carbons (Fsp3) is 0.0833. The van der Waals surface area contributed by atoms with Crippen molar-refractivity contribution in [3.05, 3.63) is 46.7 Å². The molecule has 0 saturated carbocycles. The molecule has 0 radical (unpaired) electrons. The summed E-state index contributed by atoms with van der Waals surface area (Å²) in [7, 11) is 1.37. The molecule has 3 nitrogen and oxygen atoms in total. The Morgan fingerprint density at radius 2 is 2.00 bits per heavy atom. The molecule has 0 aliphatic rings.